The zero-order valence-electron chi connectivity index (χ0n) is 10.2. The Balaban J connectivity index is 3.01. The first-order valence-corrected chi connectivity index (χ1v) is 6.20. The van der Waals surface area contributed by atoms with E-state index in [9.17, 15) is 0 Å². The van der Waals surface area contributed by atoms with E-state index in [4.69, 9.17) is 0 Å². The lowest BCUT2D eigenvalue weighted by molar-refractivity contribution is 0.262. The van der Waals surface area contributed by atoms with Gasteiger partial charge in [0.1, 0.15) is 0 Å². The average molecular weight is 210 g/mol. The third-order valence-electron chi connectivity index (χ3n) is 2.67. The van der Waals surface area contributed by atoms with Gasteiger partial charge in [0.25, 0.3) is 0 Å². The lowest BCUT2D eigenvalue weighted by Crippen LogP contribution is -2.22. The molecule has 1 aromatic heterocycles. The largest absolute Gasteiger partial charge is 0.145 e. The second-order valence-corrected chi connectivity index (χ2v) is 6.86. The molecular formula is C13H22S. The molecule has 0 aromatic carbocycles. The van der Waals surface area contributed by atoms with Crippen LogP contribution in [-0.2, 0) is 0 Å². The van der Waals surface area contributed by atoms with Crippen LogP contribution in [0.1, 0.15) is 50.3 Å². The number of hydrogen-bond acceptors (Lipinski definition) is 1. The van der Waals surface area contributed by atoms with E-state index in [1.807, 2.05) is 11.3 Å². The fraction of sp³-hybridized carbons (Fsp3) is 0.692. The highest BCUT2D eigenvalue weighted by molar-refractivity contribution is 7.12. The van der Waals surface area contributed by atoms with Gasteiger partial charge in [-0.15, -0.1) is 11.3 Å². The summed E-state index contributed by atoms with van der Waals surface area (Å²) in [5.41, 5.74) is 0.367. The quantitative estimate of drug-likeness (QED) is 0.655. The van der Waals surface area contributed by atoms with Crippen LogP contribution in [0.3, 0.4) is 0 Å². The second-order valence-electron chi connectivity index (χ2n) is 5.54. The number of aryl methyl sites for hydroxylation is 1. The summed E-state index contributed by atoms with van der Waals surface area (Å²) in [4.78, 5) is 2.97. The molecule has 0 saturated carbocycles. The summed E-state index contributed by atoms with van der Waals surface area (Å²) in [5.74, 6) is 1.40. The minimum atomic E-state index is 0.367. The molecule has 0 unspecified atom stereocenters. The molecule has 1 atom stereocenters. The molecule has 1 heteroatoms. The summed E-state index contributed by atoms with van der Waals surface area (Å²) in [6.45, 7) is 13.9. The van der Waals surface area contributed by atoms with Gasteiger partial charge >= 0.3 is 0 Å². The van der Waals surface area contributed by atoms with Crippen molar-refractivity contribution in [2.45, 2.75) is 47.5 Å². The zero-order chi connectivity index (χ0) is 10.9. The Morgan fingerprint density at radius 2 is 1.71 bits per heavy atom. The Labute approximate surface area is 92.4 Å². The van der Waals surface area contributed by atoms with Crippen LogP contribution < -0.4 is 0 Å². The summed E-state index contributed by atoms with van der Waals surface area (Å²) in [6.07, 6.45) is 0. The van der Waals surface area contributed by atoms with Gasteiger partial charge in [-0.3, -0.25) is 0 Å². The molecule has 0 amide bonds. The minimum absolute atomic E-state index is 0.367. The first-order chi connectivity index (χ1) is 6.32. The van der Waals surface area contributed by atoms with E-state index < -0.39 is 0 Å². The van der Waals surface area contributed by atoms with E-state index in [0.29, 0.717) is 17.3 Å². The average Bonchev–Trinajstić information content (AvgIpc) is 2.31. The lowest BCUT2D eigenvalue weighted by Gasteiger charge is -2.33. The molecule has 0 radical (unpaired) electrons. The molecule has 1 heterocycles. The van der Waals surface area contributed by atoms with Crippen LogP contribution in [0, 0.1) is 18.3 Å². The van der Waals surface area contributed by atoms with E-state index in [2.05, 4.69) is 53.7 Å². The van der Waals surface area contributed by atoms with Gasteiger partial charge in [0.15, 0.2) is 0 Å². The molecule has 0 N–H and O–H groups in total. The molecule has 14 heavy (non-hydrogen) atoms. The summed E-state index contributed by atoms with van der Waals surface area (Å²) in [6, 6.07) is 4.54. The van der Waals surface area contributed by atoms with Crippen molar-refractivity contribution in [2.75, 3.05) is 0 Å². The summed E-state index contributed by atoms with van der Waals surface area (Å²) >= 11 is 1.95. The van der Waals surface area contributed by atoms with Gasteiger partial charge in [0.2, 0.25) is 0 Å². The second kappa shape index (κ2) is 4.06. The van der Waals surface area contributed by atoms with Gasteiger partial charge in [-0.2, -0.15) is 0 Å². The monoisotopic (exact) mass is 210 g/mol. The number of rotatable bonds is 2. The molecule has 0 aliphatic carbocycles. The van der Waals surface area contributed by atoms with E-state index in [1.165, 1.54) is 4.88 Å². The van der Waals surface area contributed by atoms with Gasteiger partial charge in [-0.05, 0) is 30.4 Å². The van der Waals surface area contributed by atoms with Gasteiger partial charge in [0, 0.05) is 15.7 Å². The van der Waals surface area contributed by atoms with E-state index in [-0.39, 0.29) is 0 Å². The van der Waals surface area contributed by atoms with Crippen molar-refractivity contribution in [1.29, 1.82) is 0 Å². The maximum Gasteiger partial charge on any atom is 0.00868 e. The smallest absolute Gasteiger partial charge is 0.00868 e. The van der Waals surface area contributed by atoms with Crippen LogP contribution in [0.15, 0.2) is 12.1 Å². The number of thiophene rings is 1. The zero-order valence-corrected chi connectivity index (χ0v) is 11.0. The molecular weight excluding hydrogens is 188 g/mol. The Morgan fingerprint density at radius 3 is 2.00 bits per heavy atom. The third kappa shape index (κ3) is 2.60. The molecule has 0 spiro atoms. The van der Waals surface area contributed by atoms with Crippen LogP contribution in [0.4, 0.5) is 0 Å². The van der Waals surface area contributed by atoms with Crippen molar-refractivity contribution < 1.29 is 0 Å². The van der Waals surface area contributed by atoms with Crippen LogP contribution >= 0.6 is 11.3 Å². The molecule has 80 valence electrons. The maximum absolute atomic E-state index is 2.34. The highest BCUT2D eigenvalue weighted by atomic mass is 32.1. The van der Waals surface area contributed by atoms with Crippen LogP contribution in [-0.4, -0.2) is 0 Å². The lowest BCUT2D eigenvalue weighted by atomic mass is 9.73. The van der Waals surface area contributed by atoms with Crippen molar-refractivity contribution in [2.24, 2.45) is 11.3 Å². The topological polar surface area (TPSA) is 0 Å². The molecule has 0 saturated heterocycles. The Bertz CT molecular complexity index is 288. The molecule has 0 nitrogen and oxygen atoms in total. The van der Waals surface area contributed by atoms with Crippen molar-refractivity contribution in [3.05, 3.63) is 21.9 Å². The maximum atomic E-state index is 2.34. The highest BCUT2D eigenvalue weighted by Gasteiger charge is 2.29. The van der Waals surface area contributed by atoms with Gasteiger partial charge in [-0.1, -0.05) is 34.6 Å². The Hall–Kier alpha value is -0.300. The SMILES string of the molecule is Cc1ccc([C@H](C(C)C)C(C)(C)C)s1. The van der Waals surface area contributed by atoms with Crippen molar-refractivity contribution in [3.63, 3.8) is 0 Å². The Kier molecular flexibility index (Phi) is 3.41. The first-order valence-electron chi connectivity index (χ1n) is 5.38. The Morgan fingerprint density at radius 1 is 1.14 bits per heavy atom. The summed E-state index contributed by atoms with van der Waals surface area (Å²) < 4.78 is 0. The fourth-order valence-corrected chi connectivity index (χ4v) is 3.77. The van der Waals surface area contributed by atoms with Crippen molar-refractivity contribution in [3.8, 4) is 0 Å². The summed E-state index contributed by atoms with van der Waals surface area (Å²) in [7, 11) is 0. The molecule has 0 aliphatic heterocycles. The molecule has 1 rings (SSSR count). The van der Waals surface area contributed by atoms with Gasteiger partial charge in [0.05, 0.1) is 0 Å². The van der Waals surface area contributed by atoms with Crippen molar-refractivity contribution in [1.82, 2.24) is 0 Å². The van der Waals surface area contributed by atoms with Gasteiger partial charge in [-0.25, -0.2) is 0 Å². The van der Waals surface area contributed by atoms with Gasteiger partial charge < -0.3 is 0 Å². The molecule has 0 fully saturated rings. The standard InChI is InChI=1S/C13H22S/c1-9(2)12(13(4,5)6)11-8-7-10(3)14-11/h7-9,12H,1-6H3/t12-/m0/s1. The van der Waals surface area contributed by atoms with Crippen LogP contribution in [0.5, 0.6) is 0 Å². The molecule has 1 aromatic rings. The van der Waals surface area contributed by atoms with E-state index in [0.717, 1.165) is 0 Å². The third-order valence-corrected chi connectivity index (χ3v) is 3.75. The predicted molar refractivity (Wildman–Crippen MR) is 66.1 cm³/mol. The van der Waals surface area contributed by atoms with Crippen LogP contribution in [0.2, 0.25) is 0 Å². The van der Waals surface area contributed by atoms with E-state index >= 15 is 0 Å². The molecule has 0 aliphatic rings. The normalized spacial score (nSPS) is 14.8. The minimum Gasteiger partial charge on any atom is -0.145 e. The van der Waals surface area contributed by atoms with E-state index in [1.54, 1.807) is 4.88 Å². The summed E-state index contributed by atoms with van der Waals surface area (Å²) in [5, 5.41) is 0. The number of hydrogen-bond donors (Lipinski definition) is 0. The highest BCUT2D eigenvalue weighted by Crippen LogP contribution is 2.43. The molecule has 0 bridgehead atoms. The van der Waals surface area contributed by atoms with Crippen LogP contribution in [0.25, 0.3) is 0 Å². The first kappa shape index (κ1) is 11.8. The predicted octanol–water partition coefficient (Wildman–Crippen LogP) is 4.84. The van der Waals surface area contributed by atoms with Crippen molar-refractivity contribution >= 4 is 11.3 Å². The fourth-order valence-electron chi connectivity index (χ4n) is 2.38.